The third kappa shape index (κ3) is 2.51. The number of pyridine rings is 1. The first-order valence-corrected chi connectivity index (χ1v) is 4.04. The van der Waals surface area contributed by atoms with E-state index in [4.69, 9.17) is 10.5 Å². The predicted molar refractivity (Wildman–Crippen MR) is 47.9 cm³/mol. The summed E-state index contributed by atoms with van der Waals surface area (Å²) >= 11 is 0. The largest absolute Gasteiger partial charge is 0.475 e. The maximum Gasteiger partial charge on any atom is 0.213 e. The Morgan fingerprint density at radius 3 is 2.67 bits per heavy atom. The molecule has 0 saturated carbocycles. The van der Waals surface area contributed by atoms with Gasteiger partial charge in [-0.25, -0.2) is 4.98 Å². The smallest absolute Gasteiger partial charge is 0.213 e. The average Bonchev–Trinajstić information content (AvgIpc) is 2.05. The van der Waals surface area contributed by atoms with Crippen molar-refractivity contribution in [2.24, 2.45) is 5.73 Å². The van der Waals surface area contributed by atoms with Gasteiger partial charge in [-0.2, -0.15) is 0 Å². The molecule has 0 fully saturated rings. The lowest BCUT2D eigenvalue weighted by atomic mass is 10.3. The minimum Gasteiger partial charge on any atom is -0.475 e. The molecule has 0 aliphatic carbocycles. The van der Waals surface area contributed by atoms with Gasteiger partial charge in [0.05, 0.1) is 6.10 Å². The molecule has 0 saturated heterocycles. The summed E-state index contributed by atoms with van der Waals surface area (Å²) in [5.74, 6) is 0.655. The molecular formula is C9H14N2O. The van der Waals surface area contributed by atoms with Crippen molar-refractivity contribution in [3.8, 4) is 5.88 Å². The van der Waals surface area contributed by atoms with Gasteiger partial charge in [0.15, 0.2) is 0 Å². The normalized spacial score (nSPS) is 10.3. The number of hydrogen-bond acceptors (Lipinski definition) is 3. The molecule has 0 unspecified atom stereocenters. The van der Waals surface area contributed by atoms with Crippen molar-refractivity contribution in [3.05, 3.63) is 23.9 Å². The van der Waals surface area contributed by atoms with E-state index in [9.17, 15) is 0 Å². The van der Waals surface area contributed by atoms with Crippen LogP contribution in [0.1, 0.15) is 19.4 Å². The fourth-order valence-corrected chi connectivity index (χ4v) is 0.843. The highest BCUT2D eigenvalue weighted by atomic mass is 16.5. The van der Waals surface area contributed by atoms with E-state index in [1.54, 1.807) is 6.20 Å². The standard InChI is InChI=1S/C9H14N2O/c1-7(2)12-9-4-3-8(5-10)6-11-9/h3-4,6-7H,5,10H2,1-2H3. The van der Waals surface area contributed by atoms with Crippen LogP contribution in [0.3, 0.4) is 0 Å². The first kappa shape index (κ1) is 9.00. The predicted octanol–water partition coefficient (Wildman–Crippen LogP) is 1.33. The first-order valence-electron chi connectivity index (χ1n) is 4.04. The second-order valence-corrected chi connectivity index (χ2v) is 2.88. The molecule has 66 valence electrons. The first-order chi connectivity index (χ1) is 5.72. The number of nitrogens with two attached hydrogens (primary N) is 1. The van der Waals surface area contributed by atoms with Crippen molar-refractivity contribution in [1.29, 1.82) is 0 Å². The maximum atomic E-state index is 5.42. The summed E-state index contributed by atoms with van der Waals surface area (Å²) in [6, 6.07) is 3.76. The summed E-state index contributed by atoms with van der Waals surface area (Å²) in [5, 5.41) is 0. The number of ether oxygens (including phenoxy) is 1. The molecule has 0 amide bonds. The Balaban J connectivity index is 2.65. The molecule has 1 aromatic rings. The van der Waals surface area contributed by atoms with Crippen molar-refractivity contribution < 1.29 is 4.74 Å². The van der Waals surface area contributed by atoms with Crippen LogP contribution in [-0.4, -0.2) is 11.1 Å². The van der Waals surface area contributed by atoms with E-state index in [-0.39, 0.29) is 6.10 Å². The Morgan fingerprint density at radius 2 is 2.25 bits per heavy atom. The van der Waals surface area contributed by atoms with Crippen molar-refractivity contribution in [2.75, 3.05) is 0 Å². The Labute approximate surface area is 72.6 Å². The zero-order valence-corrected chi connectivity index (χ0v) is 7.45. The van der Waals surface area contributed by atoms with Crippen LogP contribution in [0.5, 0.6) is 5.88 Å². The van der Waals surface area contributed by atoms with Crippen LogP contribution < -0.4 is 10.5 Å². The van der Waals surface area contributed by atoms with Gasteiger partial charge in [0.2, 0.25) is 5.88 Å². The van der Waals surface area contributed by atoms with Crippen molar-refractivity contribution >= 4 is 0 Å². The SMILES string of the molecule is CC(C)Oc1ccc(CN)cn1. The summed E-state index contributed by atoms with van der Waals surface area (Å²) in [4.78, 5) is 4.09. The molecule has 0 aliphatic heterocycles. The van der Waals surface area contributed by atoms with Crippen LogP contribution in [0.4, 0.5) is 0 Å². The number of aromatic nitrogens is 1. The average molecular weight is 166 g/mol. The molecule has 3 heteroatoms. The summed E-state index contributed by atoms with van der Waals surface area (Å²) in [5.41, 5.74) is 6.44. The molecule has 0 spiro atoms. The Kier molecular flexibility index (Phi) is 3.05. The van der Waals surface area contributed by atoms with Crippen LogP contribution in [-0.2, 0) is 6.54 Å². The summed E-state index contributed by atoms with van der Waals surface area (Å²) in [6.07, 6.45) is 1.90. The third-order valence-electron chi connectivity index (χ3n) is 1.39. The second-order valence-electron chi connectivity index (χ2n) is 2.88. The van der Waals surface area contributed by atoms with Gasteiger partial charge in [-0.15, -0.1) is 0 Å². The van der Waals surface area contributed by atoms with E-state index in [2.05, 4.69) is 4.98 Å². The van der Waals surface area contributed by atoms with Crippen LogP contribution in [0, 0.1) is 0 Å². The van der Waals surface area contributed by atoms with Gasteiger partial charge in [-0.3, -0.25) is 0 Å². The quantitative estimate of drug-likeness (QED) is 0.736. The van der Waals surface area contributed by atoms with Gasteiger partial charge in [0.25, 0.3) is 0 Å². The van der Waals surface area contributed by atoms with Gasteiger partial charge in [0.1, 0.15) is 0 Å². The topological polar surface area (TPSA) is 48.1 Å². The maximum absolute atomic E-state index is 5.42. The zero-order chi connectivity index (χ0) is 8.97. The molecule has 3 nitrogen and oxygen atoms in total. The monoisotopic (exact) mass is 166 g/mol. The molecule has 2 N–H and O–H groups in total. The highest BCUT2D eigenvalue weighted by Crippen LogP contribution is 2.08. The highest BCUT2D eigenvalue weighted by Gasteiger charge is 1.97. The Morgan fingerprint density at radius 1 is 1.50 bits per heavy atom. The minimum atomic E-state index is 0.168. The van der Waals surface area contributed by atoms with Gasteiger partial charge >= 0.3 is 0 Å². The third-order valence-corrected chi connectivity index (χ3v) is 1.39. The van der Waals surface area contributed by atoms with Gasteiger partial charge in [-0.05, 0) is 19.4 Å². The molecular weight excluding hydrogens is 152 g/mol. The molecule has 0 radical (unpaired) electrons. The van der Waals surface area contributed by atoms with Crippen LogP contribution in [0.25, 0.3) is 0 Å². The Bertz CT molecular complexity index is 231. The zero-order valence-electron chi connectivity index (χ0n) is 7.45. The second kappa shape index (κ2) is 4.07. The van der Waals surface area contributed by atoms with Crippen molar-refractivity contribution in [1.82, 2.24) is 4.98 Å². The van der Waals surface area contributed by atoms with Gasteiger partial charge in [-0.1, -0.05) is 6.07 Å². The minimum absolute atomic E-state index is 0.168. The summed E-state index contributed by atoms with van der Waals surface area (Å²) in [7, 11) is 0. The number of rotatable bonds is 3. The summed E-state index contributed by atoms with van der Waals surface area (Å²) in [6.45, 7) is 4.46. The summed E-state index contributed by atoms with van der Waals surface area (Å²) < 4.78 is 5.36. The molecule has 12 heavy (non-hydrogen) atoms. The van der Waals surface area contributed by atoms with E-state index in [1.165, 1.54) is 0 Å². The lowest BCUT2D eigenvalue weighted by Crippen LogP contribution is -2.07. The van der Waals surface area contributed by atoms with Crippen LogP contribution >= 0.6 is 0 Å². The molecule has 0 aliphatic rings. The van der Waals surface area contributed by atoms with Crippen molar-refractivity contribution in [3.63, 3.8) is 0 Å². The lowest BCUT2D eigenvalue weighted by Gasteiger charge is -2.07. The lowest BCUT2D eigenvalue weighted by molar-refractivity contribution is 0.232. The fourth-order valence-electron chi connectivity index (χ4n) is 0.843. The Hall–Kier alpha value is -1.09. The van der Waals surface area contributed by atoms with E-state index in [0.29, 0.717) is 12.4 Å². The van der Waals surface area contributed by atoms with Gasteiger partial charge < -0.3 is 10.5 Å². The molecule has 1 heterocycles. The van der Waals surface area contributed by atoms with E-state index < -0.39 is 0 Å². The van der Waals surface area contributed by atoms with Crippen LogP contribution in [0.2, 0.25) is 0 Å². The molecule has 0 atom stereocenters. The number of hydrogen-bond donors (Lipinski definition) is 1. The molecule has 1 rings (SSSR count). The molecule has 1 aromatic heterocycles. The van der Waals surface area contributed by atoms with Gasteiger partial charge in [0, 0.05) is 18.8 Å². The number of nitrogens with zero attached hydrogens (tertiary/aromatic N) is 1. The van der Waals surface area contributed by atoms with E-state index in [1.807, 2.05) is 26.0 Å². The highest BCUT2D eigenvalue weighted by molar-refractivity contribution is 5.17. The molecule has 0 bridgehead atoms. The van der Waals surface area contributed by atoms with E-state index >= 15 is 0 Å². The van der Waals surface area contributed by atoms with Crippen molar-refractivity contribution in [2.45, 2.75) is 26.5 Å². The van der Waals surface area contributed by atoms with E-state index in [0.717, 1.165) is 5.56 Å². The fraction of sp³-hybridized carbons (Fsp3) is 0.444. The molecule has 0 aromatic carbocycles. The van der Waals surface area contributed by atoms with Crippen LogP contribution in [0.15, 0.2) is 18.3 Å².